The molecule has 1 aromatic rings. The minimum absolute atomic E-state index is 0.0781. The Balaban J connectivity index is 3.11. The number of nitrogens with zero attached hydrogens (tertiary/aromatic N) is 1. The van der Waals surface area contributed by atoms with Crippen molar-refractivity contribution in [1.82, 2.24) is 15.5 Å². The summed E-state index contributed by atoms with van der Waals surface area (Å²) in [5.74, 6) is -0.587. The zero-order valence-corrected chi connectivity index (χ0v) is 20.1. The number of phenolic OH excluding ortho intramolecular Hbond substituents is 1. The van der Waals surface area contributed by atoms with Crippen molar-refractivity contribution < 1.29 is 24.2 Å². The predicted octanol–water partition coefficient (Wildman–Crippen LogP) is 3.89. The van der Waals surface area contributed by atoms with Gasteiger partial charge in [-0.05, 0) is 51.3 Å². The molecular weight excluding hydrogens is 410 g/mol. The van der Waals surface area contributed by atoms with E-state index in [-0.39, 0.29) is 24.1 Å². The van der Waals surface area contributed by atoms with Gasteiger partial charge >= 0.3 is 6.09 Å². The summed E-state index contributed by atoms with van der Waals surface area (Å²) < 4.78 is 5.21. The Hall–Kier alpha value is -2.77. The first-order chi connectivity index (χ1) is 15.1. The number of rotatable bonds is 12. The van der Waals surface area contributed by atoms with Crippen LogP contribution in [0.15, 0.2) is 24.3 Å². The second-order valence-corrected chi connectivity index (χ2v) is 8.79. The minimum atomic E-state index is -0.864. The lowest BCUT2D eigenvalue weighted by Crippen LogP contribution is -2.48. The molecule has 0 saturated heterocycles. The Kier molecular flexibility index (Phi) is 11.6. The van der Waals surface area contributed by atoms with Crippen molar-refractivity contribution in [2.45, 2.75) is 78.4 Å². The van der Waals surface area contributed by atoms with Gasteiger partial charge in [-0.3, -0.25) is 9.59 Å². The van der Waals surface area contributed by atoms with E-state index in [9.17, 15) is 19.5 Å². The third-order valence-corrected chi connectivity index (χ3v) is 4.70. The first kappa shape index (κ1) is 27.3. The summed E-state index contributed by atoms with van der Waals surface area (Å²) in [6.45, 7) is 9.93. The van der Waals surface area contributed by atoms with Gasteiger partial charge in [-0.1, -0.05) is 45.2 Å². The number of hydrogen-bond acceptors (Lipinski definition) is 5. The van der Waals surface area contributed by atoms with Gasteiger partial charge in [-0.25, -0.2) is 4.79 Å². The zero-order chi connectivity index (χ0) is 24.1. The molecule has 3 amide bonds. The van der Waals surface area contributed by atoms with Crippen molar-refractivity contribution in [3.63, 3.8) is 0 Å². The van der Waals surface area contributed by atoms with Crippen molar-refractivity contribution in [2.24, 2.45) is 0 Å². The van der Waals surface area contributed by atoms with E-state index in [4.69, 9.17) is 4.74 Å². The standard InChI is InChI=1S/C24H39N3O5/c1-6-8-10-16-27(20(29)17-26-23(31)32-24(3,4)5)21(22(30)25-15-9-7-2)18-11-13-19(28)14-12-18/h11-14,21,28H,6-10,15-17H2,1-5H3,(H,25,30)(H,26,31). The van der Waals surface area contributed by atoms with E-state index in [2.05, 4.69) is 17.6 Å². The second-order valence-electron chi connectivity index (χ2n) is 8.79. The fourth-order valence-electron chi connectivity index (χ4n) is 3.11. The molecule has 1 rings (SSSR count). The number of carbonyl (C=O) groups excluding carboxylic acids is 3. The molecule has 0 aliphatic heterocycles. The summed E-state index contributed by atoms with van der Waals surface area (Å²) in [5.41, 5.74) is -0.0827. The summed E-state index contributed by atoms with van der Waals surface area (Å²) in [5, 5.41) is 15.1. The van der Waals surface area contributed by atoms with Gasteiger partial charge in [-0.2, -0.15) is 0 Å². The lowest BCUT2D eigenvalue weighted by Gasteiger charge is -2.32. The van der Waals surface area contributed by atoms with E-state index in [0.29, 0.717) is 18.7 Å². The number of hydrogen-bond donors (Lipinski definition) is 3. The van der Waals surface area contributed by atoms with E-state index in [1.807, 2.05) is 6.92 Å². The SMILES string of the molecule is CCCCCN(C(=O)CNC(=O)OC(C)(C)C)C(C(=O)NCCCC)c1ccc(O)cc1. The van der Waals surface area contributed by atoms with Crippen molar-refractivity contribution in [3.8, 4) is 5.75 Å². The summed E-state index contributed by atoms with van der Waals surface area (Å²) in [4.78, 5) is 39.8. The number of nitrogens with one attached hydrogen (secondary N) is 2. The Morgan fingerprint density at radius 1 is 1.00 bits per heavy atom. The highest BCUT2D eigenvalue weighted by Gasteiger charge is 2.31. The number of phenols is 1. The van der Waals surface area contributed by atoms with Gasteiger partial charge in [0.05, 0.1) is 0 Å². The van der Waals surface area contributed by atoms with Gasteiger partial charge < -0.3 is 25.4 Å². The van der Waals surface area contributed by atoms with Crippen LogP contribution in [-0.2, 0) is 14.3 Å². The monoisotopic (exact) mass is 449 g/mol. The maximum absolute atomic E-state index is 13.1. The molecule has 8 nitrogen and oxygen atoms in total. The Labute approximate surface area is 191 Å². The molecule has 0 radical (unpaired) electrons. The predicted molar refractivity (Wildman–Crippen MR) is 124 cm³/mol. The van der Waals surface area contributed by atoms with E-state index in [0.717, 1.165) is 32.1 Å². The fraction of sp³-hybridized carbons (Fsp3) is 0.625. The van der Waals surface area contributed by atoms with Gasteiger partial charge in [0.2, 0.25) is 11.8 Å². The van der Waals surface area contributed by atoms with Gasteiger partial charge in [0.15, 0.2) is 0 Å². The van der Waals surface area contributed by atoms with Crippen LogP contribution in [0.4, 0.5) is 4.79 Å². The second kappa shape index (κ2) is 13.6. The molecule has 0 aromatic heterocycles. The minimum Gasteiger partial charge on any atom is -0.508 e. The highest BCUT2D eigenvalue weighted by atomic mass is 16.6. The lowest BCUT2D eigenvalue weighted by molar-refractivity contribution is -0.140. The van der Waals surface area contributed by atoms with Gasteiger partial charge in [0.1, 0.15) is 23.9 Å². The number of alkyl carbamates (subject to hydrolysis) is 1. The van der Waals surface area contributed by atoms with Crippen LogP contribution in [0.3, 0.4) is 0 Å². The van der Waals surface area contributed by atoms with Gasteiger partial charge in [0, 0.05) is 13.1 Å². The van der Waals surface area contributed by atoms with Crippen LogP contribution in [0.25, 0.3) is 0 Å². The van der Waals surface area contributed by atoms with Crippen molar-refractivity contribution in [2.75, 3.05) is 19.6 Å². The van der Waals surface area contributed by atoms with Crippen LogP contribution < -0.4 is 10.6 Å². The molecule has 1 unspecified atom stereocenters. The maximum atomic E-state index is 13.1. The molecule has 32 heavy (non-hydrogen) atoms. The number of aromatic hydroxyl groups is 1. The highest BCUT2D eigenvalue weighted by Crippen LogP contribution is 2.24. The van der Waals surface area contributed by atoms with Crippen LogP contribution in [-0.4, -0.2) is 53.1 Å². The first-order valence-corrected chi connectivity index (χ1v) is 11.4. The number of amides is 3. The summed E-state index contributed by atoms with van der Waals surface area (Å²) in [6, 6.07) is 5.41. The topological polar surface area (TPSA) is 108 Å². The molecule has 0 spiro atoms. The lowest BCUT2D eigenvalue weighted by atomic mass is 10.0. The zero-order valence-electron chi connectivity index (χ0n) is 20.1. The molecule has 0 saturated carbocycles. The summed E-state index contributed by atoms with van der Waals surface area (Å²) in [7, 11) is 0. The van der Waals surface area contributed by atoms with Crippen LogP contribution in [0.2, 0.25) is 0 Å². The average molecular weight is 450 g/mol. The molecule has 3 N–H and O–H groups in total. The largest absolute Gasteiger partial charge is 0.508 e. The number of benzene rings is 1. The molecule has 0 aliphatic carbocycles. The first-order valence-electron chi connectivity index (χ1n) is 11.4. The number of unbranched alkanes of at least 4 members (excludes halogenated alkanes) is 3. The molecule has 0 bridgehead atoms. The van der Waals surface area contributed by atoms with Crippen LogP contribution >= 0.6 is 0 Å². The van der Waals surface area contributed by atoms with Crippen LogP contribution in [0, 0.1) is 0 Å². The van der Waals surface area contributed by atoms with Crippen molar-refractivity contribution in [3.05, 3.63) is 29.8 Å². The molecular formula is C24H39N3O5. The Morgan fingerprint density at radius 3 is 2.19 bits per heavy atom. The summed E-state index contributed by atoms with van der Waals surface area (Å²) in [6.07, 6.45) is 3.67. The maximum Gasteiger partial charge on any atom is 0.408 e. The van der Waals surface area contributed by atoms with Crippen molar-refractivity contribution in [1.29, 1.82) is 0 Å². The molecule has 8 heteroatoms. The third-order valence-electron chi connectivity index (χ3n) is 4.70. The highest BCUT2D eigenvalue weighted by molar-refractivity contribution is 5.90. The average Bonchev–Trinajstić information content (AvgIpc) is 2.71. The summed E-state index contributed by atoms with van der Waals surface area (Å²) >= 11 is 0. The number of ether oxygens (including phenoxy) is 1. The Bertz CT molecular complexity index is 728. The molecule has 1 aromatic carbocycles. The van der Waals surface area contributed by atoms with E-state index in [1.54, 1.807) is 32.9 Å². The van der Waals surface area contributed by atoms with Crippen molar-refractivity contribution >= 4 is 17.9 Å². The Morgan fingerprint density at radius 2 is 1.62 bits per heavy atom. The smallest absolute Gasteiger partial charge is 0.408 e. The molecule has 0 heterocycles. The van der Waals surface area contributed by atoms with E-state index >= 15 is 0 Å². The molecule has 1 atom stereocenters. The van der Waals surface area contributed by atoms with E-state index in [1.165, 1.54) is 17.0 Å². The van der Waals surface area contributed by atoms with Crippen LogP contribution in [0.5, 0.6) is 5.75 Å². The third kappa shape index (κ3) is 10.0. The van der Waals surface area contributed by atoms with Gasteiger partial charge in [0.25, 0.3) is 0 Å². The fourth-order valence-corrected chi connectivity index (χ4v) is 3.11. The molecule has 0 fully saturated rings. The normalized spacial score (nSPS) is 12.0. The quantitative estimate of drug-likeness (QED) is 0.420. The van der Waals surface area contributed by atoms with E-state index < -0.39 is 17.7 Å². The number of carbonyl (C=O) groups is 3. The molecule has 0 aliphatic rings. The van der Waals surface area contributed by atoms with Crippen LogP contribution in [0.1, 0.15) is 78.3 Å². The molecule has 180 valence electrons. The van der Waals surface area contributed by atoms with Gasteiger partial charge in [-0.15, -0.1) is 0 Å².